The van der Waals surface area contributed by atoms with Crippen LogP contribution in [0.2, 0.25) is 0 Å². The average molecular weight is 198 g/mol. The van der Waals surface area contributed by atoms with E-state index in [4.69, 9.17) is 0 Å². The lowest BCUT2D eigenvalue weighted by Crippen LogP contribution is -2.09. The summed E-state index contributed by atoms with van der Waals surface area (Å²) in [7, 11) is 4.09. The van der Waals surface area contributed by atoms with Gasteiger partial charge in [0.15, 0.2) is 0 Å². The molecule has 1 heterocycles. The monoisotopic (exact) mass is 198 g/mol. The summed E-state index contributed by atoms with van der Waals surface area (Å²) in [5.41, 5.74) is 3.56. The van der Waals surface area contributed by atoms with Gasteiger partial charge in [0.2, 0.25) is 0 Å². The molecule has 1 aromatic heterocycles. The van der Waals surface area contributed by atoms with Crippen molar-refractivity contribution in [3.63, 3.8) is 0 Å². The molecule has 2 heteroatoms. The number of hydrogen-bond acceptors (Lipinski definition) is 2. The van der Waals surface area contributed by atoms with E-state index in [-0.39, 0.29) is 0 Å². The van der Waals surface area contributed by atoms with Crippen molar-refractivity contribution in [1.82, 2.24) is 4.98 Å². The second kappa shape index (κ2) is 4.13. The van der Waals surface area contributed by atoms with E-state index in [0.717, 1.165) is 0 Å². The SMILES string of the molecule is CN(C)c1ccncc1-c1ccccc1. The van der Waals surface area contributed by atoms with E-state index in [9.17, 15) is 0 Å². The van der Waals surface area contributed by atoms with Crippen LogP contribution in [0.15, 0.2) is 48.8 Å². The third-order valence-electron chi connectivity index (χ3n) is 2.36. The Bertz CT molecular complexity index is 435. The molecule has 2 nitrogen and oxygen atoms in total. The highest BCUT2D eigenvalue weighted by molar-refractivity contribution is 5.77. The Labute approximate surface area is 90.2 Å². The zero-order chi connectivity index (χ0) is 10.7. The molecule has 0 amide bonds. The number of rotatable bonds is 2. The normalized spacial score (nSPS) is 10.0. The van der Waals surface area contributed by atoms with Gasteiger partial charge in [0.25, 0.3) is 0 Å². The Morgan fingerprint density at radius 2 is 1.73 bits per heavy atom. The molecule has 0 aliphatic rings. The van der Waals surface area contributed by atoms with Gasteiger partial charge < -0.3 is 4.90 Å². The van der Waals surface area contributed by atoms with Gasteiger partial charge in [-0.15, -0.1) is 0 Å². The van der Waals surface area contributed by atoms with Crippen LogP contribution in [-0.2, 0) is 0 Å². The number of nitrogens with zero attached hydrogens (tertiary/aromatic N) is 2. The van der Waals surface area contributed by atoms with Crippen LogP contribution in [-0.4, -0.2) is 19.1 Å². The highest BCUT2D eigenvalue weighted by Gasteiger charge is 2.05. The Morgan fingerprint density at radius 1 is 1.00 bits per heavy atom. The van der Waals surface area contributed by atoms with Crippen molar-refractivity contribution in [3.8, 4) is 11.1 Å². The number of benzene rings is 1. The van der Waals surface area contributed by atoms with Gasteiger partial charge >= 0.3 is 0 Å². The van der Waals surface area contributed by atoms with Crippen LogP contribution in [0.3, 0.4) is 0 Å². The van der Waals surface area contributed by atoms with Crippen molar-refractivity contribution in [2.75, 3.05) is 19.0 Å². The molecule has 0 N–H and O–H groups in total. The van der Waals surface area contributed by atoms with Crippen LogP contribution in [0.4, 0.5) is 5.69 Å². The summed E-state index contributed by atoms with van der Waals surface area (Å²) in [5, 5.41) is 0. The van der Waals surface area contributed by atoms with Crippen LogP contribution in [0.25, 0.3) is 11.1 Å². The first-order chi connectivity index (χ1) is 7.29. The van der Waals surface area contributed by atoms with E-state index in [1.807, 2.05) is 50.8 Å². The maximum Gasteiger partial charge on any atom is 0.0471 e. The second-order valence-electron chi connectivity index (χ2n) is 3.65. The highest BCUT2D eigenvalue weighted by Crippen LogP contribution is 2.27. The zero-order valence-electron chi connectivity index (χ0n) is 9.01. The van der Waals surface area contributed by atoms with E-state index in [1.165, 1.54) is 16.8 Å². The van der Waals surface area contributed by atoms with E-state index < -0.39 is 0 Å². The molecule has 15 heavy (non-hydrogen) atoms. The molecule has 0 spiro atoms. The van der Waals surface area contributed by atoms with Gasteiger partial charge in [0.05, 0.1) is 0 Å². The fourth-order valence-corrected chi connectivity index (χ4v) is 1.62. The third-order valence-corrected chi connectivity index (χ3v) is 2.36. The van der Waals surface area contributed by atoms with Crippen molar-refractivity contribution >= 4 is 5.69 Å². The van der Waals surface area contributed by atoms with E-state index in [2.05, 4.69) is 22.0 Å². The van der Waals surface area contributed by atoms with Crippen LogP contribution < -0.4 is 4.90 Å². The minimum absolute atomic E-state index is 1.17. The second-order valence-corrected chi connectivity index (χ2v) is 3.65. The maximum absolute atomic E-state index is 4.18. The largest absolute Gasteiger partial charge is 0.377 e. The number of anilines is 1. The molecule has 0 aliphatic carbocycles. The molecular formula is C13H14N2. The fourth-order valence-electron chi connectivity index (χ4n) is 1.62. The van der Waals surface area contributed by atoms with Crippen molar-refractivity contribution < 1.29 is 0 Å². The lowest BCUT2D eigenvalue weighted by atomic mass is 10.1. The van der Waals surface area contributed by atoms with Crippen LogP contribution >= 0.6 is 0 Å². The molecule has 2 aromatic rings. The quantitative estimate of drug-likeness (QED) is 0.737. The Balaban J connectivity index is 2.53. The first-order valence-corrected chi connectivity index (χ1v) is 4.96. The smallest absolute Gasteiger partial charge is 0.0471 e. The molecule has 2 rings (SSSR count). The molecule has 0 atom stereocenters. The Hall–Kier alpha value is -1.83. The number of pyridine rings is 1. The first-order valence-electron chi connectivity index (χ1n) is 4.96. The summed E-state index contributed by atoms with van der Waals surface area (Å²) in [4.78, 5) is 6.28. The molecular weight excluding hydrogens is 184 g/mol. The molecule has 0 unspecified atom stereocenters. The highest BCUT2D eigenvalue weighted by atomic mass is 15.1. The summed E-state index contributed by atoms with van der Waals surface area (Å²) in [6.45, 7) is 0. The summed E-state index contributed by atoms with van der Waals surface area (Å²) in [6.07, 6.45) is 3.73. The molecule has 0 bridgehead atoms. The Kier molecular flexibility index (Phi) is 2.68. The predicted octanol–water partition coefficient (Wildman–Crippen LogP) is 2.81. The van der Waals surface area contributed by atoms with Gasteiger partial charge in [0, 0.05) is 37.7 Å². The molecule has 76 valence electrons. The lowest BCUT2D eigenvalue weighted by molar-refractivity contribution is 1.12. The number of aromatic nitrogens is 1. The van der Waals surface area contributed by atoms with Crippen molar-refractivity contribution in [3.05, 3.63) is 48.8 Å². The van der Waals surface area contributed by atoms with Crippen molar-refractivity contribution in [1.29, 1.82) is 0 Å². The summed E-state index contributed by atoms with van der Waals surface area (Å²) < 4.78 is 0. The fraction of sp³-hybridized carbons (Fsp3) is 0.154. The van der Waals surface area contributed by atoms with E-state index in [0.29, 0.717) is 0 Å². The standard InChI is InChI=1S/C13H14N2/c1-15(2)13-8-9-14-10-12(13)11-6-4-3-5-7-11/h3-10H,1-2H3. The summed E-state index contributed by atoms with van der Waals surface area (Å²) in [6, 6.07) is 12.3. The molecule has 0 saturated heterocycles. The Morgan fingerprint density at radius 3 is 2.40 bits per heavy atom. The van der Waals surface area contributed by atoms with Crippen LogP contribution in [0, 0.1) is 0 Å². The molecule has 0 radical (unpaired) electrons. The van der Waals surface area contributed by atoms with Gasteiger partial charge in [-0.25, -0.2) is 0 Å². The first kappa shape index (κ1) is 9.71. The van der Waals surface area contributed by atoms with Gasteiger partial charge in [-0.3, -0.25) is 4.98 Å². The topological polar surface area (TPSA) is 16.1 Å². The average Bonchev–Trinajstić information content (AvgIpc) is 2.30. The lowest BCUT2D eigenvalue weighted by Gasteiger charge is -2.16. The predicted molar refractivity (Wildman–Crippen MR) is 64.0 cm³/mol. The molecule has 1 aromatic carbocycles. The maximum atomic E-state index is 4.18. The minimum atomic E-state index is 1.17. The molecule has 0 saturated carbocycles. The minimum Gasteiger partial charge on any atom is -0.377 e. The van der Waals surface area contributed by atoms with Gasteiger partial charge in [-0.1, -0.05) is 30.3 Å². The van der Waals surface area contributed by atoms with Gasteiger partial charge in [-0.05, 0) is 11.6 Å². The van der Waals surface area contributed by atoms with E-state index in [1.54, 1.807) is 0 Å². The van der Waals surface area contributed by atoms with E-state index >= 15 is 0 Å². The summed E-state index contributed by atoms with van der Waals surface area (Å²) in [5.74, 6) is 0. The molecule has 0 aliphatic heterocycles. The van der Waals surface area contributed by atoms with Gasteiger partial charge in [-0.2, -0.15) is 0 Å². The number of hydrogen-bond donors (Lipinski definition) is 0. The van der Waals surface area contributed by atoms with Crippen molar-refractivity contribution in [2.45, 2.75) is 0 Å². The van der Waals surface area contributed by atoms with Crippen LogP contribution in [0.1, 0.15) is 0 Å². The van der Waals surface area contributed by atoms with Gasteiger partial charge in [0.1, 0.15) is 0 Å². The molecule has 0 fully saturated rings. The van der Waals surface area contributed by atoms with Crippen molar-refractivity contribution in [2.24, 2.45) is 0 Å². The van der Waals surface area contributed by atoms with Crippen LogP contribution in [0.5, 0.6) is 0 Å². The third kappa shape index (κ3) is 1.99. The summed E-state index contributed by atoms with van der Waals surface area (Å²) >= 11 is 0. The zero-order valence-corrected chi connectivity index (χ0v) is 9.01.